The van der Waals surface area contributed by atoms with Gasteiger partial charge in [0.2, 0.25) is 0 Å². The molecule has 0 aliphatic rings. The molecule has 0 aliphatic heterocycles. The molecule has 0 aromatic heterocycles. The minimum absolute atomic E-state index is 0. The Morgan fingerprint density at radius 3 is 0.719 bits per heavy atom. The molecular weight excluding hydrogens is 733 g/mol. The number of rotatable bonds is 44. The molecule has 0 spiro atoms. The van der Waals surface area contributed by atoms with Crippen molar-refractivity contribution in [1.29, 1.82) is 0 Å². The van der Waals surface area contributed by atoms with E-state index in [-0.39, 0.29) is 62.7 Å². The Kier molecular flexibility index (Phi) is 54.4. The summed E-state index contributed by atoms with van der Waals surface area (Å²) in [4.78, 5) is 27.6. The van der Waals surface area contributed by atoms with E-state index in [0.717, 1.165) is 64.7 Å². The largest absolute Gasteiger partial charge is 2.00 e. The van der Waals surface area contributed by atoms with E-state index in [1.807, 2.05) is 0 Å². The summed E-state index contributed by atoms with van der Waals surface area (Å²) in [6.07, 6.45) is 43.6. The summed E-state index contributed by atoms with van der Waals surface area (Å²) in [6, 6.07) is 0.343. The van der Waals surface area contributed by atoms with Crippen LogP contribution in [0.3, 0.4) is 0 Å². The van der Waals surface area contributed by atoms with Crippen LogP contribution in [0.25, 0.3) is 0 Å². The smallest absolute Gasteiger partial charge is 0.550 e. The molecule has 0 heterocycles. The molecule has 0 rings (SSSR count). The van der Waals surface area contributed by atoms with E-state index in [2.05, 4.69) is 51.3 Å². The van der Waals surface area contributed by atoms with Crippen molar-refractivity contribution in [1.82, 2.24) is 9.80 Å². The van der Waals surface area contributed by atoms with Crippen molar-refractivity contribution >= 4 is 49.7 Å². The molecule has 0 saturated heterocycles. The second-order valence-corrected chi connectivity index (χ2v) is 17.3. The normalized spacial score (nSPS) is 12.4. The van der Waals surface area contributed by atoms with Crippen molar-refractivity contribution in [3.05, 3.63) is 0 Å². The van der Waals surface area contributed by atoms with Crippen LogP contribution >= 0.6 is 0 Å². The second-order valence-electron chi connectivity index (χ2n) is 17.3. The molecule has 0 aromatic rings. The maximum absolute atomic E-state index is 11.3. The zero-order valence-corrected chi connectivity index (χ0v) is 41.9. The Morgan fingerprint density at radius 2 is 0.526 bits per heavy atom. The summed E-state index contributed by atoms with van der Waals surface area (Å²) in [5.41, 5.74) is 0. The first-order valence-corrected chi connectivity index (χ1v) is 25.2. The fourth-order valence-corrected chi connectivity index (χ4v) is 8.13. The first-order chi connectivity index (χ1) is 27.3. The average molecular weight is 833 g/mol. The standard InChI is InChI=1S/2C25H51NO2.Ca/c2*1-4-7-10-12-14-16-18-21-26(22-19-17-15-13-11-8-5-2)24(20-9-6-3)23-25(27)28;/h2*24H,4-23H2,1-3H3,(H,27,28);/q;;+2/p-2. The van der Waals surface area contributed by atoms with E-state index in [1.54, 1.807) is 0 Å². The van der Waals surface area contributed by atoms with Crippen LogP contribution in [0, 0.1) is 0 Å². The molecule has 0 N–H and O–H groups in total. The van der Waals surface area contributed by atoms with E-state index < -0.39 is 11.9 Å². The van der Waals surface area contributed by atoms with E-state index in [0.29, 0.717) is 0 Å². The van der Waals surface area contributed by atoms with Crippen molar-refractivity contribution < 1.29 is 19.8 Å². The van der Waals surface area contributed by atoms with Gasteiger partial charge in [-0.25, -0.2) is 0 Å². The maximum atomic E-state index is 11.3. The molecule has 336 valence electrons. The molecular formula is C50H100CaN2O4. The fourth-order valence-electron chi connectivity index (χ4n) is 8.13. The van der Waals surface area contributed by atoms with Gasteiger partial charge in [0.25, 0.3) is 0 Å². The van der Waals surface area contributed by atoms with Crippen molar-refractivity contribution in [2.75, 3.05) is 26.2 Å². The first kappa shape index (κ1) is 61.4. The third kappa shape index (κ3) is 45.5. The van der Waals surface area contributed by atoms with Gasteiger partial charge in [0.1, 0.15) is 0 Å². The zero-order valence-electron chi connectivity index (χ0n) is 39.7. The monoisotopic (exact) mass is 833 g/mol. The molecule has 0 aliphatic carbocycles. The predicted molar refractivity (Wildman–Crippen MR) is 247 cm³/mol. The summed E-state index contributed by atoms with van der Waals surface area (Å²) in [5, 5.41) is 22.6. The summed E-state index contributed by atoms with van der Waals surface area (Å²) in [7, 11) is 0. The van der Waals surface area contributed by atoms with Gasteiger partial charge in [-0.2, -0.15) is 0 Å². The third-order valence-corrected chi connectivity index (χ3v) is 11.8. The third-order valence-electron chi connectivity index (χ3n) is 11.8. The fraction of sp³-hybridized carbons (Fsp3) is 0.960. The number of carbonyl (C=O) groups is 2. The predicted octanol–water partition coefficient (Wildman–Crippen LogP) is 12.6. The Morgan fingerprint density at radius 1 is 0.333 bits per heavy atom. The van der Waals surface area contributed by atoms with Gasteiger partial charge in [-0.3, -0.25) is 0 Å². The summed E-state index contributed by atoms with van der Waals surface area (Å²) < 4.78 is 0. The number of unbranched alkanes of at least 4 members (excludes halogenated alkanes) is 26. The van der Waals surface area contributed by atoms with Crippen molar-refractivity contribution in [2.45, 2.75) is 285 Å². The van der Waals surface area contributed by atoms with E-state index >= 15 is 0 Å². The second kappa shape index (κ2) is 50.5. The van der Waals surface area contributed by atoms with Crippen molar-refractivity contribution in [3.63, 3.8) is 0 Å². The number of hydrogen-bond donors (Lipinski definition) is 0. The molecule has 57 heavy (non-hydrogen) atoms. The number of carboxylic acid groups (broad SMARTS) is 2. The number of nitrogens with zero attached hydrogens (tertiary/aromatic N) is 2. The number of carboxylic acids is 2. The number of hydrogen-bond acceptors (Lipinski definition) is 6. The average Bonchev–Trinajstić information content (AvgIpc) is 3.18. The van der Waals surface area contributed by atoms with Crippen molar-refractivity contribution in [2.24, 2.45) is 0 Å². The van der Waals surface area contributed by atoms with E-state index in [4.69, 9.17) is 0 Å². The van der Waals surface area contributed by atoms with E-state index in [9.17, 15) is 19.8 Å². The van der Waals surface area contributed by atoms with Crippen LogP contribution in [0.2, 0.25) is 0 Å². The molecule has 6 nitrogen and oxygen atoms in total. The van der Waals surface area contributed by atoms with Crippen LogP contribution in [0.1, 0.15) is 273 Å². The SMILES string of the molecule is CCCCCCCCCN(CCCCCCCCC)C(CCCC)CC(=O)[O-].CCCCCCCCCN(CCCCCCCCC)C(CCCC)CC(=O)[O-].[Ca+2]. The van der Waals surface area contributed by atoms with Gasteiger partial charge < -0.3 is 29.6 Å². The molecule has 2 unspecified atom stereocenters. The minimum atomic E-state index is -0.884. The summed E-state index contributed by atoms with van der Waals surface area (Å²) >= 11 is 0. The maximum Gasteiger partial charge on any atom is 2.00 e. The van der Waals surface area contributed by atoms with Crippen molar-refractivity contribution in [3.8, 4) is 0 Å². The molecule has 0 aromatic carbocycles. The van der Waals surface area contributed by atoms with Crippen LogP contribution in [-0.2, 0) is 9.59 Å². The minimum Gasteiger partial charge on any atom is -0.550 e. The molecule has 0 bridgehead atoms. The topological polar surface area (TPSA) is 86.7 Å². The Bertz CT molecular complexity index is 700. The first-order valence-electron chi connectivity index (χ1n) is 25.2. The summed E-state index contributed by atoms with van der Waals surface area (Å²) in [5.74, 6) is -1.77. The van der Waals surface area contributed by atoms with Gasteiger partial charge in [-0.15, -0.1) is 0 Å². The Hall–Kier alpha value is 0.120. The van der Waals surface area contributed by atoms with Crippen LogP contribution in [0.5, 0.6) is 0 Å². The van der Waals surface area contributed by atoms with Gasteiger partial charge in [-0.05, 0) is 64.7 Å². The van der Waals surface area contributed by atoms with Crippen LogP contribution in [0.4, 0.5) is 0 Å². The Labute approximate surface area is 387 Å². The summed E-state index contributed by atoms with van der Waals surface area (Å²) in [6.45, 7) is 17.7. The van der Waals surface area contributed by atoms with Crippen LogP contribution < -0.4 is 10.2 Å². The van der Waals surface area contributed by atoms with Crippen LogP contribution in [0.15, 0.2) is 0 Å². The molecule has 0 radical (unpaired) electrons. The zero-order chi connectivity index (χ0) is 41.7. The van der Waals surface area contributed by atoms with Gasteiger partial charge in [-0.1, -0.05) is 221 Å². The molecule has 0 saturated carbocycles. The van der Waals surface area contributed by atoms with Gasteiger partial charge in [0.05, 0.1) is 0 Å². The Balaban J connectivity index is -0.00000101. The van der Waals surface area contributed by atoms with Gasteiger partial charge >= 0.3 is 37.7 Å². The van der Waals surface area contributed by atoms with E-state index in [1.165, 1.54) is 180 Å². The molecule has 0 amide bonds. The molecule has 0 fully saturated rings. The van der Waals surface area contributed by atoms with Gasteiger partial charge in [0.15, 0.2) is 0 Å². The number of carbonyl (C=O) groups excluding carboxylic acids is 2. The quantitative estimate of drug-likeness (QED) is 0.0449. The molecule has 2 atom stereocenters. The molecule has 7 heteroatoms. The number of aliphatic carboxylic acids is 2. The van der Waals surface area contributed by atoms with Crippen LogP contribution in [-0.4, -0.2) is 97.7 Å². The van der Waals surface area contributed by atoms with Gasteiger partial charge in [0, 0.05) is 36.9 Å².